The van der Waals surface area contributed by atoms with Crippen molar-refractivity contribution >= 4 is 40.4 Å². The molecule has 218 valence electrons. The minimum absolute atomic E-state index is 0.431. The SMILES string of the molecule is CC1(C)OB(c2ccc3c(c2)C2(c4ccccc4-c4c2ccc2ccccc42)c2ccccc2N3c2ccccc2)OC1(C)C. The van der Waals surface area contributed by atoms with Crippen molar-refractivity contribution in [1.82, 2.24) is 0 Å². The smallest absolute Gasteiger partial charge is 0.399 e. The molecule has 1 aliphatic carbocycles. The Labute approximate surface area is 265 Å². The summed E-state index contributed by atoms with van der Waals surface area (Å²) >= 11 is 0. The van der Waals surface area contributed by atoms with Gasteiger partial charge in [-0.3, -0.25) is 0 Å². The highest BCUT2D eigenvalue weighted by molar-refractivity contribution is 6.62. The fraction of sp³-hybridized carbons (Fsp3) is 0.171. The quantitative estimate of drug-likeness (QED) is 0.189. The molecule has 0 saturated carbocycles. The Morgan fingerprint density at radius 3 is 1.98 bits per heavy atom. The molecule has 0 bridgehead atoms. The van der Waals surface area contributed by atoms with Crippen molar-refractivity contribution in [3.63, 3.8) is 0 Å². The second-order valence-corrected chi connectivity index (χ2v) is 13.6. The van der Waals surface area contributed by atoms with Crippen LogP contribution < -0.4 is 10.4 Å². The zero-order valence-electron chi connectivity index (χ0n) is 26.0. The maximum Gasteiger partial charge on any atom is 0.494 e. The van der Waals surface area contributed by atoms with E-state index >= 15 is 0 Å². The van der Waals surface area contributed by atoms with Gasteiger partial charge in [-0.05, 0) is 102 Å². The topological polar surface area (TPSA) is 21.7 Å². The number of rotatable bonds is 2. The molecular formula is C41H34BNO2. The summed E-state index contributed by atoms with van der Waals surface area (Å²) in [7, 11) is -0.465. The average molecular weight is 584 g/mol. The van der Waals surface area contributed by atoms with Gasteiger partial charge in [-0.2, -0.15) is 0 Å². The van der Waals surface area contributed by atoms with Gasteiger partial charge in [0.05, 0.1) is 28.0 Å². The van der Waals surface area contributed by atoms with Crippen LogP contribution >= 0.6 is 0 Å². The van der Waals surface area contributed by atoms with Crippen molar-refractivity contribution in [2.24, 2.45) is 0 Å². The van der Waals surface area contributed by atoms with E-state index in [1.165, 1.54) is 49.8 Å². The van der Waals surface area contributed by atoms with Gasteiger partial charge in [-0.25, -0.2) is 0 Å². The molecule has 4 heteroatoms. The van der Waals surface area contributed by atoms with Crippen LogP contribution in [0.25, 0.3) is 21.9 Å². The third-order valence-corrected chi connectivity index (χ3v) is 10.7. The Balaban J connectivity index is 1.41. The molecule has 1 unspecified atom stereocenters. The number of anilines is 3. The Hall–Kier alpha value is -4.64. The van der Waals surface area contributed by atoms with E-state index in [4.69, 9.17) is 9.31 Å². The summed E-state index contributed by atoms with van der Waals surface area (Å²) < 4.78 is 13.3. The molecule has 2 heterocycles. The zero-order valence-corrected chi connectivity index (χ0v) is 26.0. The highest BCUT2D eigenvalue weighted by Crippen LogP contribution is 2.64. The molecule has 1 fully saturated rings. The Bertz CT molecular complexity index is 2140. The normalized spacial score (nSPS) is 20.2. The van der Waals surface area contributed by atoms with Crippen LogP contribution in [0, 0.1) is 0 Å². The summed E-state index contributed by atoms with van der Waals surface area (Å²) in [6, 6.07) is 49.0. The van der Waals surface area contributed by atoms with Gasteiger partial charge in [0.25, 0.3) is 0 Å². The van der Waals surface area contributed by atoms with Crippen LogP contribution in [0.3, 0.4) is 0 Å². The third-order valence-electron chi connectivity index (χ3n) is 10.7. The third kappa shape index (κ3) is 3.50. The first kappa shape index (κ1) is 26.7. The number of para-hydroxylation sites is 2. The van der Waals surface area contributed by atoms with Gasteiger partial charge in [0, 0.05) is 5.69 Å². The maximum atomic E-state index is 6.63. The summed E-state index contributed by atoms with van der Waals surface area (Å²) in [4.78, 5) is 2.42. The summed E-state index contributed by atoms with van der Waals surface area (Å²) in [6.07, 6.45) is 0. The first-order chi connectivity index (χ1) is 21.8. The van der Waals surface area contributed by atoms with Crippen LogP contribution in [-0.2, 0) is 14.7 Å². The maximum absolute atomic E-state index is 6.63. The molecule has 9 rings (SSSR count). The molecule has 0 amide bonds. The van der Waals surface area contributed by atoms with E-state index in [0.29, 0.717) is 0 Å². The van der Waals surface area contributed by atoms with Gasteiger partial charge in [-0.15, -0.1) is 0 Å². The number of benzene rings is 6. The van der Waals surface area contributed by atoms with Crippen molar-refractivity contribution in [2.75, 3.05) is 4.90 Å². The molecule has 1 atom stereocenters. The van der Waals surface area contributed by atoms with Crippen LogP contribution in [0.4, 0.5) is 17.1 Å². The largest absolute Gasteiger partial charge is 0.494 e. The Morgan fingerprint density at radius 2 is 1.18 bits per heavy atom. The number of fused-ring (bicyclic) bond motifs is 11. The summed E-state index contributed by atoms with van der Waals surface area (Å²) in [5.41, 5.74) is 10.9. The molecule has 0 radical (unpaired) electrons. The van der Waals surface area contributed by atoms with Gasteiger partial charge in [0.15, 0.2) is 0 Å². The second kappa shape index (κ2) is 9.20. The molecule has 1 spiro atoms. The zero-order chi connectivity index (χ0) is 30.6. The molecule has 6 aromatic carbocycles. The molecule has 6 aromatic rings. The minimum atomic E-state index is -0.535. The minimum Gasteiger partial charge on any atom is -0.399 e. The molecular weight excluding hydrogens is 549 g/mol. The molecule has 3 nitrogen and oxygen atoms in total. The lowest BCUT2D eigenvalue weighted by molar-refractivity contribution is 0.00578. The monoisotopic (exact) mass is 583 g/mol. The highest BCUT2D eigenvalue weighted by Gasteiger charge is 2.55. The van der Waals surface area contributed by atoms with Crippen molar-refractivity contribution in [3.05, 3.63) is 156 Å². The van der Waals surface area contributed by atoms with Crippen LogP contribution in [0.1, 0.15) is 49.9 Å². The fourth-order valence-corrected chi connectivity index (χ4v) is 7.92. The molecule has 3 aliphatic rings. The summed E-state index contributed by atoms with van der Waals surface area (Å²) in [5, 5.41) is 2.54. The van der Waals surface area contributed by atoms with Gasteiger partial charge >= 0.3 is 7.12 Å². The molecule has 2 aliphatic heterocycles. The van der Waals surface area contributed by atoms with E-state index in [2.05, 4.69) is 166 Å². The predicted molar refractivity (Wildman–Crippen MR) is 185 cm³/mol. The second-order valence-electron chi connectivity index (χ2n) is 13.6. The molecule has 45 heavy (non-hydrogen) atoms. The van der Waals surface area contributed by atoms with Crippen molar-refractivity contribution in [3.8, 4) is 11.1 Å². The lowest BCUT2D eigenvalue weighted by Gasteiger charge is -2.45. The van der Waals surface area contributed by atoms with E-state index in [1.807, 2.05) is 0 Å². The number of hydrogen-bond donors (Lipinski definition) is 0. The Kier molecular flexibility index (Phi) is 5.47. The van der Waals surface area contributed by atoms with Crippen molar-refractivity contribution < 1.29 is 9.31 Å². The van der Waals surface area contributed by atoms with Crippen LogP contribution in [-0.4, -0.2) is 18.3 Å². The summed E-state index contributed by atoms with van der Waals surface area (Å²) in [6.45, 7) is 8.48. The van der Waals surface area contributed by atoms with E-state index in [0.717, 1.165) is 16.8 Å². The van der Waals surface area contributed by atoms with Gasteiger partial charge in [0.1, 0.15) is 0 Å². The lowest BCUT2D eigenvalue weighted by atomic mass is 9.63. The standard InChI is InChI=1S/C41H34BNO2/c1-39(2)40(3,4)45-42(44-39)28-23-25-37-35(26-28)41(33-20-12-13-21-36(33)43(37)29-15-6-5-7-16-29)32-19-11-10-18-31(32)38-30-17-9-8-14-27(30)22-24-34(38)41/h5-26H,1-4H3. The van der Waals surface area contributed by atoms with Crippen LogP contribution in [0.15, 0.2) is 133 Å². The number of hydrogen-bond acceptors (Lipinski definition) is 3. The van der Waals surface area contributed by atoms with Crippen molar-refractivity contribution in [1.29, 1.82) is 0 Å². The van der Waals surface area contributed by atoms with E-state index in [-0.39, 0.29) is 0 Å². The van der Waals surface area contributed by atoms with Crippen molar-refractivity contribution in [2.45, 2.75) is 44.3 Å². The molecule has 0 N–H and O–H groups in total. The van der Waals surface area contributed by atoms with E-state index in [9.17, 15) is 0 Å². The van der Waals surface area contributed by atoms with E-state index in [1.54, 1.807) is 0 Å². The van der Waals surface area contributed by atoms with Gasteiger partial charge in [-0.1, -0.05) is 109 Å². The summed E-state index contributed by atoms with van der Waals surface area (Å²) in [5.74, 6) is 0. The average Bonchev–Trinajstić information content (AvgIpc) is 3.48. The van der Waals surface area contributed by atoms with Crippen LogP contribution in [0.5, 0.6) is 0 Å². The molecule has 1 saturated heterocycles. The lowest BCUT2D eigenvalue weighted by Crippen LogP contribution is -2.41. The predicted octanol–water partition coefficient (Wildman–Crippen LogP) is 9.29. The fourth-order valence-electron chi connectivity index (χ4n) is 7.92. The highest BCUT2D eigenvalue weighted by atomic mass is 16.7. The first-order valence-electron chi connectivity index (χ1n) is 15.9. The van der Waals surface area contributed by atoms with Crippen LogP contribution in [0.2, 0.25) is 0 Å². The Morgan fingerprint density at radius 1 is 0.533 bits per heavy atom. The molecule has 0 aromatic heterocycles. The van der Waals surface area contributed by atoms with Gasteiger partial charge in [0.2, 0.25) is 0 Å². The number of nitrogens with zero attached hydrogens (tertiary/aromatic N) is 1. The first-order valence-corrected chi connectivity index (χ1v) is 15.9. The van der Waals surface area contributed by atoms with E-state index < -0.39 is 23.7 Å². The van der Waals surface area contributed by atoms with Gasteiger partial charge < -0.3 is 14.2 Å².